The molecule has 0 atom stereocenters. The van der Waals surface area contributed by atoms with Crippen LogP contribution in [0.3, 0.4) is 0 Å². The van der Waals surface area contributed by atoms with Crippen LogP contribution in [0.2, 0.25) is 0 Å². The molecule has 0 radical (unpaired) electrons. The standard InChI is InChI=1S/C13H10N4O4/c1-2-21-13(18)10-3-11(5-12(4-10)17(19)20)16-8-9(6-14)7-15/h3-5,8,16H,2H2,1H3. The van der Waals surface area contributed by atoms with E-state index in [2.05, 4.69) is 5.32 Å². The largest absolute Gasteiger partial charge is 0.462 e. The molecule has 0 bridgehead atoms. The minimum atomic E-state index is -0.700. The predicted octanol–water partition coefficient (Wildman–Crippen LogP) is 2.11. The van der Waals surface area contributed by atoms with Gasteiger partial charge in [-0.3, -0.25) is 10.1 Å². The number of carbonyl (C=O) groups is 1. The molecule has 8 nitrogen and oxygen atoms in total. The van der Waals surface area contributed by atoms with Crippen molar-refractivity contribution in [2.24, 2.45) is 0 Å². The number of non-ortho nitro benzene ring substituents is 1. The molecule has 0 saturated heterocycles. The molecule has 21 heavy (non-hydrogen) atoms. The third-order valence-corrected chi connectivity index (χ3v) is 2.26. The third kappa shape index (κ3) is 4.33. The number of nitriles is 2. The van der Waals surface area contributed by atoms with Gasteiger partial charge in [0.15, 0.2) is 0 Å². The number of allylic oxidation sites excluding steroid dienone is 1. The number of nitrogens with one attached hydrogen (secondary N) is 1. The Hall–Kier alpha value is -3.39. The molecule has 1 N–H and O–H groups in total. The summed E-state index contributed by atoms with van der Waals surface area (Å²) < 4.78 is 4.78. The Bertz CT molecular complexity index is 666. The monoisotopic (exact) mass is 286 g/mol. The molecule has 0 aliphatic rings. The number of hydrogen-bond acceptors (Lipinski definition) is 7. The molecule has 0 fully saturated rings. The number of esters is 1. The van der Waals surface area contributed by atoms with Gasteiger partial charge in [0.1, 0.15) is 17.7 Å². The van der Waals surface area contributed by atoms with Gasteiger partial charge in [0.2, 0.25) is 0 Å². The first-order valence-corrected chi connectivity index (χ1v) is 5.75. The van der Waals surface area contributed by atoms with E-state index in [0.717, 1.165) is 12.3 Å². The summed E-state index contributed by atoms with van der Waals surface area (Å²) in [5, 5.41) is 30.6. The van der Waals surface area contributed by atoms with Gasteiger partial charge in [0.05, 0.1) is 17.1 Å². The van der Waals surface area contributed by atoms with Crippen molar-refractivity contribution in [3.63, 3.8) is 0 Å². The van der Waals surface area contributed by atoms with Crippen molar-refractivity contribution < 1.29 is 14.5 Å². The number of nitro groups is 1. The van der Waals surface area contributed by atoms with Crippen LogP contribution in [0, 0.1) is 32.8 Å². The molecule has 0 aliphatic heterocycles. The van der Waals surface area contributed by atoms with E-state index in [1.54, 1.807) is 19.1 Å². The van der Waals surface area contributed by atoms with E-state index < -0.39 is 10.9 Å². The van der Waals surface area contributed by atoms with Gasteiger partial charge >= 0.3 is 5.97 Å². The summed E-state index contributed by atoms with van der Waals surface area (Å²) in [7, 11) is 0. The summed E-state index contributed by atoms with van der Waals surface area (Å²) >= 11 is 0. The Labute approximate surface area is 120 Å². The average molecular weight is 286 g/mol. The van der Waals surface area contributed by atoms with E-state index in [0.29, 0.717) is 0 Å². The van der Waals surface area contributed by atoms with E-state index in [4.69, 9.17) is 15.3 Å². The van der Waals surface area contributed by atoms with Crippen LogP contribution >= 0.6 is 0 Å². The zero-order chi connectivity index (χ0) is 15.8. The number of ether oxygens (including phenoxy) is 1. The van der Waals surface area contributed by atoms with Crippen LogP contribution in [0.4, 0.5) is 11.4 Å². The summed E-state index contributed by atoms with van der Waals surface area (Å²) in [4.78, 5) is 21.8. The Morgan fingerprint density at radius 3 is 2.62 bits per heavy atom. The fourth-order valence-corrected chi connectivity index (χ4v) is 1.38. The Morgan fingerprint density at radius 2 is 2.10 bits per heavy atom. The summed E-state index contributed by atoms with van der Waals surface area (Å²) in [5.74, 6) is -0.700. The minimum absolute atomic E-state index is 0.00239. The first-order valence-electron chi connectivity index (χ1n) is 5.75. The fourth-order valence-electron chi connectivity index (χ4n) is 1.38. The van der Waals surface area contributed by atoms with Crippen LogP contribution in [0.5, 0.6) is 0 Å². The summed E-state index contributed by atoms with van der Waals surface area (Å²) in [6.45, 7) is 1.75. The number of nitro benzene ring substituents is 1. The lowest BCUT2D eigenvalue weighted by molar-refractivity contribution is -0.384. The molecule has 0 aromatic heterocycles. The quantitative estimate of drug-likeness (QED) is 0.379. The summed E-state index contributed by atoms with van der Waals surface area (Å²) in [5.41, 5.74) is -0.334. The molecule has 106 valence electrons. The maximum atomic E-state index is 11.6. The third-order valence-electron chi connectivity index (χ3n) is 2.26. The van der Waals surface area contributed by atoms with E-state index >= 15 is 0 Å². The number of anilines is 1. The van der Waals surface area contributed by atoms with Crippen LogP contribution in [0.15, 0.2) is 30.0 Å². The summed E-state index contributed by atoms with van der Waals surface area (Å²) in [6.07, 6.45) is 1.09. The molecular weight excluding hydrogens is 276 g/mol. The van der Waals surface area contributed by atoms with E-state index in [9.17, 15) is 14.9 Å². The Morgan fingerprint density at radius 1 is 1.43 bits per heavy atom. The van der Waals surface area contributed by atoms with E-state index in [1.165, 1.54) is 12.1 Å². The highest BCUT2D eigenvalue weighted by Gasteiger charge is 2.15. The number of carbonyl (C=O) groups excluding carboxylic acids is 1. The molecule has 0 spiro atoms. The van der Waals surface area contributed by atoms with Gasteiger partial charge in [-0.25, -0.2) is 4.79 Å². The molecule has 0 unspecified atom stereocenters. The van der Waals surface area contributed by atoms with Crippen molar-refractivity contribution in [3.05, 3.63) is 45.6 Å². The smallest absolute Gasteiger partial charge is 0.338 e. The lowest BCUT2D eigenvalue weighted by atomic mass is 10.1. The lowest BCUT2D eigenvalue weighted by Crippen LogP contribution is -2.06. The zero-order valence-electron chi connectivity index (χ0n) is 11.0. The number of benzene rings is 1. The number of nitrogens with zero attached hydrogens (tertiary/aromatic N) is 3. The van der Waals surface area contributed by atoms with E-state index in [1.807, 2.05) is 0 Å². The highest BCUT2D eigenvalue weighted by atomic mass is 16.6. The predicted molar refractivity (Wildman–Crippen MR) is 72.0 cm³/mol. The second-order valence-corrected chi connectivity index (χ2v) is 3.67. The van der Waals surface area contributed by atoms with Crippen molar-refractivity contribution in [2.45, 2.75) is 6.92 Å². The molecule has 1 aromatic carbocycles. The van der Waals surface area contributed by atoms with Gasteiger partial charge in [0.25, 0.3) is 5.69 Å². The zero-order valence-corrected chi connectivity index (χ0v) is 11.0. The lowest BCUT2D eigenvalue weighted by Gasteiger charge is -2.05. The van der Waals surface area contributed by atoms with Gasteiger partial charge in [-0.05, 0) is 13.0 Å². The van der Waals surface area contributed by atoms with E-state index in [-0.39, 0.29) is 29.1 Å². The number of hydrogen-bond donors (Lipinski definition) is 1. The highest BCUT2D eigenvalue weighted by Crippen LogP contribution is 2.22. The Balaban J connectivity index is 3.18. The summed E-state index contributed by atoms with van der Waals surface area (Å²) in [6, 6.07) is 6.84. The number of rotatable bonds is 5. The Kier molecular flexibility index (Phi) is 5.42. The molecule has 1 aromatic rings. The van der Waals surface area contributed by atoms with Crippen LogP contribution in [-0.4, -0.2) is 17.5 Å². The van der Waals surface area contributed by atoms with Crippen LogP contribution in [0.25, 0.3) is 0 Å². The van der Waals surface area contributed by atoms with Crippen LogP contribution in [0.1, 0.15) is 17.3 Å². The topological polar surface area (TPSA) is 129 Å². The first kappa shape index (κ1) is 15.7. The van der Waals surface area contributed by atoms with Crippen LogP contribution in [-0.2, 0) is 4.74 Å². The van der Waals surface area contributed by atoms with Crippen molar-refractivity contribution in [1.82, 2.24) is 0 Å². The van der Waals surface area contributed by atoms with Gasteiger partial charge in [-0.2, -0.15) is 10.5 Å². The second kappa shape index (κ2) is 7.26. The van der Waals surface area contributed by atoms with Gasteiger partial charge in [-0.15, -0.1) is 0 Å². The molecule has 0 saturated carbocycles. The van der Waals surface area contributed by atoms with Crippen molar-refractivity contribution >= 4 is 17.3 Å². The van der Waals surface area contributed by atoms with Crippen LogP contribution < -0.4 is 5.32 Å². The molecule has 1 rings (SSSR count). The fraction of sp³-hybridized carbons (Fsp3) is 0.154. The molecule has 8 heteroatoms. The second-order valence-electron chi connectivity index (χ2n) is 3.67. The maximum Gasteiger partial charge on any atom is 0.338 e. The maximum absolute atomic E-state index is 11.6. The van der Waals surface area contributed by atoms with Gasteiger partial charge in [-0.1, -0.05) is 0 Å². The SMILES string of the molecule is CCOC(=O)c1cc(NC=C(C#N)C#N)cc([N+](=O)[O-])c1. The average Bonchev–Trinajstić information content (AvgIpc) is 2.48. The molecule has 0 amide bonds. The van der Waals surface area contributed by atoms with Crippen molar-refractivity contribution in [2.75, 3.05) is 11.9 Å². The molecule has 0 heterocycles. The van der Waals surface area contributed by atoms with Gasteiger partial charge in [0, 0.05) is 24.0 Å². The minimum Gasteiger partial charge on any atom is -0.462 e. The molecule has 0 aliphatic carbocycles. The van der Waals surface area contributed by atoms with Gasteiger partial charge < -0.3 is 10.1 Å². The van der Waals surface area contributed by atoms with Crippen molar-refractivity contribution in [1.29, 1.82) is 10.5 Å². The first-order chi connectivity index (χ1) is 10.0. The normalized spacial score (nSPS) is 8.90. The highest BCUT2D eigenvalue weighted by molar-refractivity contribution is 5.91. The molecular formula is C13H10N4O4. The van der Waals surface area contributed by atoms with Crippen molar-refractivity contribution in [3.8, 4) is 12.1 Å².